The average Bonchev–Trinajstić information content (AvgIpc) is 2.23. The topological polar surface area (TPSA) is 57.6 Å². The van der Waals surface area contributed by atoms with Gasteiger partial charge in [0, 0.05) is 12.1 Å². The van der Waals surface area contributed by atoms with Crippen LogP contribution < -0.4 is 0 Å². The lowest BCUT2D eigenvalue weighted by Crippen LogP contribution is -2.35. The first-order valence-corrected chi connectivity index (χ1v) is 5.53. The number of carboxylic acid groups (broad SMARTS) is 1. The third kappa shape index (κ3) is 3.59. The van der Waals surface area contributed by atoms with Crippen LogP contribution in [0.2, 0.25) is 0 Å². The van der Waals surface area contributed by atoms with Gasteiger partial charge < -0.3 is 10.0 Å². The van der Waals surface area contributed by atoms with Crippen LogP contribution in [0.15, 0.2) is 18.2 Å². The van der Waals surface area contributed by atoms with Gasteiger partial charge in [0.2, 0.25) is 0 Å². The van der Waals surface area contributed by atoms with E-state index in [1.54, 1.807) is 19.1 Å². The summed E-state index contributed by atoms with van der Waals surface area (Å²) in [6, 6.07) is 5.53. The zero-order valence-corrected chi connectivity index (χ0v) is 10.4. The Morgan fingerprint density at radius 3 is 2.12 bits per heavy atom. The third-order valence-electron chi connectivity index (χ3n) is 2.46. The summed E-state index contributed by atoms with van der Waals surface area (Å²) in [5.41, 5.74) is 2.55. The summed E-state index contributed by atoms with van der Waals surface area (Å²) in [7, 11) is 0. The van der Waals surface area contributed by atoms with Gasteiger partial charge in [-0.2, -0.15) is 0 Å². The number of likely N-dealkylation sites (N-methyl/N-ethyl adjacent to an activating group) is 1. The number of benzene rings is 1. The Labute approximate surface area is 101 Å². The summed E-state index contributed by atoms with van der Waals surface area (Å²) in [5, 5.41) is 8.73. The Balaban J connectivity index is 2.97. The molecule has 1 amide bonds. The summed E-state index contributed by atoms with van der Waals surface area (Å²) in [5.74, 6) is -1.23. The SMILES string of the molecule is CCN(CC(=O)O)C(=O)c1cc(C)cc(C)c1. The highest BCUT2D eigenvalue weighted by molar-refractivity contribution is 5.96. The van der Waals surface area contributed by atoms with E-state index in [1.807, 2.05) is 19.9 Å². The second kappa shape index (κ2) is 5.48. The molecule has 17 heavy (non-hydrogen) atoms. The molecular weight excluding hydrogens is 218 g/mol. The van der Waals surface area contributed by atoms with Crippen LogP contribution >= 0.6 is 0 Å². The number of carbonyl (C=O) groups excluding carboxylic acids is 1. The number of carboxylic acids is 1. The third-order valence-corrected chi connectivity index (χ3v) is 2.46. The van der Waals surface area contributed by atoms with Crippen molar-refractivity contribution >= 4 is 11.9 Å². The molecule has 0 bridgehead atoms. The van der Waals surface area contributed by atoms with E-state index in [2.05, 4.69) is 0 Å². The smallest absolute Gasteiger partial charge is 0.323 e. The van der Waals surface area contributed by atoms with Crippen molar-refractivity contribution in [1.82, 2.24) is 4.90 Å². The first-order valence-electron chi connectivity index (χ1n) is 5.53. The predicted molar refractivity (Wildman–Crippen MR) is 65.1 cm³/mol. The monoisotopic (exact) mass is 235 g/mol. The molecular formula is C13H17NO3. The van der Waals surface area contributed by atoms with Crippen molar-refractivity contribution in [2.24, 2.45) is 0 Å². The zero-order chi connectivity index (χ0) is 13.0. The quantitative estimate of drug-likeness (QED) is 0.866. The Morgan fingerprint density at radius 2 is 1.71 bits per heavy atom. The molecule has 0 heterocycles. The maximum Gasteiger partial charge on any atom is 0.323 e. The van der Waals surface area contributed by atoms with E-state index < -0.39 is 5.97 Å². The van der Waals surface area contributed by atoms with E-state index in [1.165, 1.54) is 4.90 Å². The van der Waals surface area contributed by atoms with E-state index >= 15 is 0 Å². The number of rotatable bonds is 4. The minimum atomic E-state index is -0.996. The minimum absolute atomic E-state index is 0.235. The molecule has 1 N–H and O–H groups in total. The second-order valence-corrected chi connectivity index (χ2v) is 4.09. The Kier molecular flexibility index (Phi) is 4.26. The van der Waals surface area contributed by atoms with Gasteiger partial charge in [-0.3, -0.25) is 9.59 Å². The Bertz CT molecular complexity index is 420. The van der Waals surface area contributed by atoms with Gasteiger partial charge in [-0.05, 0) is 32.9 Å². The van der Waals surface area contributed by atoms with Crippen molar-refractivity contribution in [3.8, 4) is 0 Å². The highest BCUT2D eigenvalue weighted by Gasteiger charge is 2.17. The van der Waals surface area contributed by atoms with Crippen LogP contribution in [-0.4, -0.2) is 35.0 Å². The van der Waals surface area contributed by atoms with Crippen molar-refractivity contribution in [2.45, 2.75) is 20.8 Å². The first-order chi connectivity index (χ1) is 7.93. The van der Waals surface area contributed by atoms with Crippen molar-refractivity contribution in [3.05, 3.63) is 34.9 Å². The van der Waals surface area contributed by atoms with Gasteiger partial charge in [0.05, 0.1) is 0 Å². The molecule has 92 valence electrons. The molecule has 0 aliphatic carbocycles. The fourth-order valence-corrected chi connectivity index (χ4v) is 1.77. The molecule has 4 heteroatoms. The second-order valence-electron chi connectivity index (χ2n) is 4.09. The van der Waals surface area contributed by atoms with E-state index in [4.69, 9.17) is 5.11 Å². The van der Waals surface area contributed by atoms with Crippen molar-refractivity contribution in [2.75, 3.05) is 13.1 Å². The van der Waals surface area contributed by atoms with Gasteiger partial charge in [0.25, 0.3) is 5.91 Å². The molecule has 1 aromatic carbocycles. The lowest BCUT2D eigenvalue weighted by atomic mass is 10.1. The number of aliphatic carboxylic acids is 1. The van der Waals surface area contributed by atoms with E-state index in [9.17, 15) is 9.59 Å². The molecule has 0 aromatic heterocycles. The van der Waals surface area contributed by atoms with Crippen LogP contribution in [0.1, 0.15) is 28.4 Å². The van der Waals surface area contributed by atoms with Crippen LogP contribution in [0.25, 0.3) is 0 Å². The van der Waals surface area contributed by atoms with Crippen LogP contribution in [0.5, 0.6) is 0 Å². The highest BCUT2D eigenvalue weighted by Crippen LogP contribution is 2.11. The fraction of sp³-hybridized carbons (Fsp3) is 0.385. The molecule has 0 radical (unpaired) electrons. The molecule has 0 fully saturated rings. The molecule has 0 spiro atoms. The molecule has 0 aliphatic heterocycles. The number of hydrogen-bond donors (Lipinski definition) is 1. The van der Waals surface area contributed by atoms with Gasteiger partial charge >= 0.3 is 5.97 Å². The lowest BCUT2D eigenvalue weighted by molar-refractivity contribution is -0.137. The van der Waals surface area contributed by atoms with E-state index in [-0.39, 0.29) is 12.5 Å². The maximum atomic E-state index is 12.1. The largest absolute Gasteiger partial charge is 0.480 e. The van der Waals surface area contributed by atoms with Crippen molar-refractivity contribution in [1.29, 1.82) is 0 Å². The first kappa shape index (κ1) is 13.2. The number of carbonyl (C=O) groups is 2. The van der Waals surface area contributed by atoms with Gasteiger partial charge in [-0.15, -0.1) is 0 Å². The van der Waals surface area contributed by atoms with Crippen molar-refractivity contribution in [3.63, 3.8) is 0 Å². The standard InChI is InChI=1S/C13H17NO3/c1-4-14(8-12(15)16)13(17)11-6-9(2)5-10(3)7-11/h5-7H,4,8H2,1-3H3,(H,15,16). The molecule has 0 saturated carbocycles. The van der Waals surface area contributed by atoms with Gasteiger partial charge in [-0.25, -0.2) is 0 Å². The lowest BCUT2D eigenvalue weighted by Gasteiger charge is -2.19. The van der Waals surface area contributed by atoms with Crippen molar-refractivity contribution < 1.29 is 14.7 Å². The van der Waals surface area contributed by atoms with E-state index in [0.29, 0.717) is 12.1 Å². The molecule has 0 aliphatic rings. The number of amides is 1. The van der Waals surface area contributed by atoms with E-state index in [0.717, 1.165) is 11.1 Å². The normalized spacial score (nSPS) is 10.1. The molecule has 4 nitrogen and oxygen atoms in total. The van der Waals surface area contributed by atoms with Gasteiger partial charge in [0.1, 0.15) is 6.54 Å². The summed E-state index contributed by atoms with van der Waals surface area (Å²) in [4.78, 5) is 24.0. The van der Waals surface area contributed by atoms with Crippen LogP contribution in [0, 0.1) is 13.8 Å². The summed E-state index contributed by atoms with van der Waals surface area (Å²) < 4.78 is 0. The molecule has 0 atom stereocenters. The summed E-state index contributed by atoms with van der Waals surface area (Å²) >= 11 is 0. The summed E-state index contributed by atoms with van der Waals surface area (Å²) in [6.07, 6.45) is 0. The number of hydrogen-bond acceptors (Lipinski definition) is 2. The predicted octanol–water partition coefficient (Wildman–Crippen LogP) is 1.85. The summed E-state index contributed by atoms with van der Waals surface area (Å²) in [6.45, 7) is 5.72. The maximum absolute atomic E-state index is 12.1. The average molecular weight is 235 g/mol. The zero-order valence-electron chi connectivity index (χ0n) is 10.4. The Morgan fingerprint density at radius 1 is 1.18 bits per heavy atom. The van der Waals surface area contributed by atoms with Crippen LogP contribution in [-0.2, 0) is 4.79 Å². The molecule has 1 aromatic rings. The minimum Gasteiger partial charge on any atom is -0.480 e. The Hall–Kier alpha value is -1.84. The molecule has 0 unspecified atom stereocenters. The molecule has 1 rings (SSSR count). The number of nitrogens with zero attached hydrogens (tertiary/aromatic N) is 1. The molecule has 0 saturated heterocycles. The van der Waals surface area contributed by atoms with Crippen LogP contribution in [0.3, 0.4) is 0 Å². The highest BCUT2D eigenvalue weighted by atomic mass is 16.4. The van der Waals surface area contributed by atoms with Crippen LogP contribution in [0.4, 0.5) is 0 Å². The van der Waals surface area contributed by atoms with Gasteiger partial charge in [-0.1, -0.05) is 17.2 Å². The van der Waals surface area contributed by atoms with Gasteiger partial charge in [0.15, 0.2) is 0 Å². The fourth-order valence-electron chi connectivity index (χ4n) is 1.77. The number of aryl methyl sites for hydroxylation is 2.